The van der Waals surface area contributed by atoms with Crippen molar-refractivity contribution < 1.29 is 39.7 Å². The van der Waals surface area contributed by atoms with Crippen molar-refractivity contribution in [1.29, 1.82) is 0 Å². The summed E-state index contributed by atoms with van der Waals surface area (Å²) >= 11 is 0. The molecule has 0 fully saturated rings. The Hall–Kier alpha value is -0.0900. The van der Waals surface area contributed by atoms with Crippen LogP contribution in [0.1, 0.15) is 52.4 Å². The van der Waals surface area contributed by atoms with Gasteiger partial charge in [-0.3, -0.25) is 4.90 Å². The van der Waals surface area contributed by atoms with E-state index in [0.29, 0.717) is 26.2 Å². The fourth-order valence-corrected chi connectivity index (χ4v) is 1.95. The minimum Gasteiger partial charge on any atom is -0.396 e. The number of rotatable bonds is 13. The van der Waals surface area contributed by atoms with Crippen molar-refractivity contribution in [2.45, 2.75) is 52.4 Å². The van der Waals surface area contributed by atoms with Gasteiger partial charge in [-0.1, -0.05) is 46.0 Å². The summed E-state index contributed by atoms with van der Waals surface area (Å²) in [4.78, 5) is 23.4. The second kappa shape index (κ2) is 23.0. The molecule has 7 N–H and O–H groups in total. The monoisotopic (exact) mass is 405 g/mol. The van der Waals surface area contributed by atoms with E-state index in [2.05, 4.69) is 13.8 Å². The van der Waals surface area contributed by atoms with Crippen LogP contribution in [0.2, 0.25) is 0 Å². The van der Waals surface area contributed by atoms with Gasteiger partial charge in [-0.15, -0.1) is 0 Å². The maximum Gasteiger partial charge on any atom is 0.466 e. The number of hydrogen-bond acceptors (Lipinski definition) is 6. The molecule has 26 heavy (non-hydrogen) atoms. The number of nitrogens with zero attached hydrogens (tertiary/aromatic N) is 1. The molecule has 0 unspecified atom stereocenters. The maximum absolute atomic E-state index is 8.88. The van der Waals surface area contributed by atoms with Crippen LogP contribution in [0.4, 0.5) is 0 Å². The normalized spacial score (nSPS) is 11.0. The van der Waals surface area contributed by atoms with Crippen molar-refractivity contribution >= 4 is 7.82 Å². The van der Waals surface area contributed by atoms with Gasteiger partial charge in [-0.05, 0) is 12.3 Å². The predicted molar refractivity (Wildman–Crippen MR) is 102 cm³/mol. The Balaban J connectivity index is -0.000000327. The Morgan fingerprint density at radius 1 is 0.692 bits per heavy atom. The molecule has 0 rings (SSSR count). The maximum atomic E-state index is 8.88. The number of aliphatic hydroxyl groups is 4. The molecular formula is C16H40NO8P. The second-order valence-electron chi connectivity index (χ2n) is 6.20. The lowest BCUT2D eigenvalue weighted by Gasteiger charge is -2.17. The Morgan fingerprint density at radius 3 is 1.35 bits per heavy atom. The molecule has 10 heteroatoms. The molecule has 0 amide bonds. The average Bonchev–Trinajstić information content (AvgIpc) is 2.50. The van der Waals surface area contributed by atoms with Gasteiger partial charge in [0.2, 0.25) is 0 Å². The van der Waals surface area contributed by atoms with E-state index in [4.69, 9.17) is 39.7 Å². The molecule has 0 aliphatic carbocycles. The van der Waals surface area contributed by atoms with Crippen LogP contribution in [0.25, 0.3) is 0 Å². The largest absolute Gasteiger partial charge is 0.466 e. The molecule has 9 nitrogen and oxygen atoms in total. The van der Waals surface area contributed by atoms with Gasteiger partial charge >= 0.3 is 7.82 Å². The highest BCUT2D eigenvalue weighted by Gasteiger charge is 2.00. The topological polar surface area (TPSA) is 162 Å². The summed E-state index contributed by atoms with van der Waals surface area (Å²) in [6, 6.07) is 0. The summed E-state index contributed by atoms with van der Waals surface area (Å²) in [7, 11) is -4.64. The fourth-order valence-electron chi connectivity index (χ4n) is 1.95. The molecule has 0 aromatic carbocycles. The van der Waals surface area contributed by atoms with Crippen LogP contribution in [0.3, 0.4) is 0 Å². The SMILES string of the molecule is CC(C)CCCCCCCO.O=P(O)(O)O.OCCN(CCO)CCO. The van der Waals surface area contributed by atoms with Gasteiger partial charge in [0.1, 0.15) is 0 Å². The summed E-state index contributed by atoms with van der Waals surface area (Å²) in [5.41, 5.74) is 0. The lowest BCUT2D eigenvalue weighted by atomic mass is 10.0. The van der Waals surface area contributed by atoms with E-state index >= 15 is 0 Å². The van der Waals surface area contributed by atoms with E-state index in [1.54, 1.807) is 4.90 Å². The first-order chi connectivity index (χ1) is 12.1. The number of phosphoric acid groups is 1. The third kappa shape index (κ3) is 43.9. The molecule has 0 heterocycles. The van der Waals surface area contributed by atoms with Gasteiger partial charge in [-0.2, -0.15) is 0 Å². The molecule has 0 bridgehead atoms. The standard InChI is InChI=1S/C10H22O.C6H15NO3.H3O4P/c1-10(2)8-6-4-3-5-7-9-11;8-4-1-7(2-5-9)3-6-10;1-5(2,3)4/h10-11H,3-9H2,1-2H3;8-10H,1-6H2;(H3,1,2,3,4). The van der Waals surface area contributed by atoms with E-state index in [-0.39, 0.29) is 19.8 Å². The van der Waals surface area contributed by atoms with Crippen LogP contribution in [-0.2, 0) is 4.57 Å². The zero-order chi connectivity index (χ0) is 20.8. The molecule has 0 saturated heterocycles. The highest BCUT2D eigenvalue weighted by atomic mass is 31.2. The second-order valence-corrected chi connectivity index (χ2v) is 7.23. The van der Waals surface area contributed by atoms with E-state index in [1.807, 2.05) is 0 Å². The third-order valence-electron chi connectivity index (χ3n) is 3.19. The zero-order valence-corrected chi connectivity index (χ0v) is 17.1. The molecule has 0 spiro atoms. The lowest BCUT2D eigenvalue weighted by Crippen LogP contribution is -2.32. The summed E-state index contributed by atoms with van der Waals surface area (Å²) in [5, 5.41) is 34.0. The van der Waals surface area contributed by atoms with Crippen LogP contribution in [0.15, 0.2) is 0 Å². The van der Waals surface area contributed by atoms with Gasteiger partial charge in [0, 0.05) is 26.2 Å². The van der Waals surface area contributed by atoms with Gasteiger partial charge in [0.05, 0.1) is 19.8 Å². The van der Waals surface area contributed by atoms with Crippen molar-refractivity contribution in [1.82, 2.24) is 4.90 Å². The van der Waals surface area contributed by atoms with Gasteiger partial charge in [0.15, 0.2) is 0 Å². The first kappa shape index (κ1) is 30.6. The van der Waals surface area contributed by atoms with Crippen LogP contribution in [0.5, 0.6) is 0 Å². The van der Waals surface area contributed by atoms with Crippen LogP contribution < -0.4 is 0 Å². The first-order valence-corrected chi connectivity index (χ1v) is 10.6. The number of unbranched alkanes of at least 4 members (excludes halogenated alkanes) is 4. The molecule has 162 valence electrons. The number of aliphatic hydroxyl groups excluding tert-OH is 4. The molecule has 0 aliphatic heterocycles. The fraction of sp³-hybridized carbons (Fsp3) is 1.00. The van der Waals surface area contributed by atoms with E-state index in [0.717, 1.165) is 12.3 Å². The Kier molecular flexibility index (Phi) is 27.0. The van der Waals surface area contributed by atoms with Crippen molar-refractivity contribution in [3.05, 3.63) is 0 Å². The molecule has 0 aromatic rings. The number of hydrogen-bond donors (Lipinski definition) is 7. The minimum absolute atomic E-state index is 0.0694. The summed E-state index contributed by atoms with van der Waals surface area (Å²) < 4.78 is 8.88. The van der Waals surface area contributed by atoms with Gasteiger partial charge < -0.3 is 35.1 Å². The Morgan fingerprint density at radius 2 is 1.04 bits per heavy atom. The van der Waals surface area contributed by atoms with E-state index in [9.17, 15) is 0 Å². The summed E-state index contributed by atoms with van der Waals surface area (Å²) in [6.07, 6.45) is 7.56. The highest BCUT2D eigenvalue weighted by Crippen LogP contribution is 2.25. The van der Waals surface area contributed by atoms with Crippen molar-refractivity contribution in [2.24, 2.45) is 5.92 Å². The van der Waals surface area contributed by atoms with Crippen molar-refractivity contribution in [2.75, 3.05) is 46.1 Å². The first-order valence-electron chi connectivity index (χ1n) is 9.06. The molecule has 0 aliphatic rings. The Bertz CT molecular complexity index is 279. The van der Waals surface area contributed by atoms with E-state index in [1.165, 1.54) is 32.1 Å². The zero-order valence-electron chi connectivity index (χ0n) is 16.2. The van der Waals surface area contributed by atoms with Crippen molar-refractivity contribution in [3.63, 3.8) is 0 Å². The van der Waals surface area contributed by atoms with E-state index < -0.39 is 7.82 Å². The molecule has 0 saturated carbocycles. The lowest BCUT2D eigenvalue weighted by molar-refractivity contribution is 0.136. The Labute approximate surface area is 157 Å². The smallest absolute Gasteiger partial charge is 0.396 e. The average molecular weight is 405 g/mol. The van der Waals surface area contributed by atoms with Crippen LogP contribution >= 0.6 is 7.82 Å². The molecule has 0 atom stereocenters. The van der Waals surface area contributed by atoms with Gasteiger partial charge in [-0.25, -0.2) is 4.57 Å². The predicted octanol–water partition coefficient (Wildman–Crippen LogP) is 0.312. The molecule has 0 aromatic heterocycles. The quantitative estimate of drug-likeness (QED) is 0.169. The van der Waals surface area contributed by atoms with Crippen LogP contribution in [-0.4, -0.2) is 86.1 Å². The third-order valence-corrected chi connectivity index (χ3v) is 3.19. The molecule has 0 radical (unpaired) electrons. The molecular weight excluding hydrogens is 365 g/mol. The minimum atomic E-state index is -4.64. The van der Waals surface area contributed by atoms with Crippen LogP contribution in [0, 0.1) is 5.92 Å². The summed E-state index contributed by atoms with van der Waals surface area (Å²) in [6.45, 7) is 6.66. The van der Waals surface area contributed by atoms with Crippen molar-refractivity contribution in [3.8, 4) is 0 Å². The highest BCUT2D eigenvalue weighted by molar-refractivity contribution is 7.45. The summed E-state index contributed by atoms with van der Waals surface area (Å²) in [5.74, 6) is 0.854. The van der Waals surface area contributed by atoms with Gasteiger partial charge in [0.25, 0.3) is 0 Å².